The van der Waals surface area contributed by atoms with E-state index >= 15 is 0 Å². The first-order valence-electron chi connectivity index (χ1n) is 10.1. The smallest absolute Gasteiger partial charge is 0.324 e. The van der Waals surface area contributed by atoms with Crippen LogP contribution >= 0.6 is 11.6 Å². The summed E-state index contributed by atoms with van der Waals surface area (Å²) >= 11 is 5.86. The first-order valence-corrected chi connectivity index (χ1v) is 10.4. The maximum Gasteiger partial charge on any atom is 0.324 e. The number of methoxy groups -OCH3 is 1. The lowest BCUT2D eigenvalue weighted by Crippen LogP contribution is -2.45. The number of nitrogens with one attached hydrogen (secondary N) is 2. The molecule has 166 valence electrons. The molecule has 0 fully saturated rings. The number of ketones is 1. The van der Waals surface area contributed by atoms with Gasteiger partial charge in [-0.1, -0.05) is 37.3 Å². The molecule has 1 heterocycles. The third-order valence-corrected chi connectivity index (χ3v) is 5.09. The van der Waals surface area contributed by atoms with Crippen molar-refractivity contribution in [2.24, 2.45) is 0 Å². The van der Waals surface area contributed by atoms with Gasteiger partial charge in [-0.3, -0.25) is 9.59 Å². The highest BCUT2D eigenvalue weighted by Gasteiger charge is 2.47. The van der Waals surface area contributed by atoms with E-state index in [0.29, 0.717) is 24.2 Å². The van der Waals surface area contributed by atoms with E-state index in [1.165, 1.54) is 7.11 Å². The lowest BCUT2D eigenvalue weighted by Gasteiger charge is -2.30. The molecule has 1 unspecified atom stereocenters. The highest BCUT2D eigenvalue weighted by Crippen LogP contribution is 2.34. The van der Waals surface area contributed by atoms with Crippen molar-refractivity contribution in [1.29, 1.82) is 5.41 Å². The van der Waals surface area contributed by atoms with Crippen molar-refractivity contribution in [2.45, 2.75) is 38.5 Å². The third kappa shape index (κ3) is 5.38. The van der Waals surface area contributed by atoms with E-state index < -0.39 is 11.4 Å². The molecule has 2 rings (SSSR count). The first kappa shape index (κ1) is 24.3. The number of hydrogen-bond acceptors (Lipinski definition) is 8. The van der Waals surface area contributed by atoms with Gasteiger partial charge in [0.05, 0.1) is 13.7 Å². The number of hydrogen-bond donors (Lipinski definition) is 2. The number of halogens is 1. The summed E-state index contributed by atoms with van der Waals surface area (Å²) in [5.74, 6) is -0.520. The van der Waals surface area contributed by atoms with Crippen LogP contribution in [-0.2, 0) is 19.7 Å². The summed E-state index contributed by atoms with van der Waals surface area (Å²) in [5, 5.41) is 10.7. The summed E-state index contributed by atoms with van der Waals surface area (Å²) in [7, 11) is 1.44. The SMILES string of the molecule is CCOC(=O)C(CCCNc1c(C=N)nc(Cl)nc1OC)(C(=O)CC)c1ccccc1. The van der Waals surface area contributed by atoms with Crippen molar-refractivity contribution >= 4 is 35.3 Å². The molecule has 0 aliphatic heterocycles. The summed E-state index contributed by atoms with van der Waals surface area (Å²) in [6, 6.07) is 9.00. The van der Waals surface area contributed by atoms with E-state index in [1.807, 2.05) is 6.07 Å². The van der Waals surface area contributed by atoms with Crippen molar-refractivity contribution in [3.8, 4) is 5.88 Å². The Labute approximate surface area is 186 Å². The summed E-state index contributed by atoms with van der Waals surface area (Å²) in [4.78, 5) is 34.1. The number of carbonyl (C=O) groups is 2. The number of nitrogens with zero attached hydrogens (tertiary/aromatic N) is 2. The molecule has 1 atom stereocenters. The lowest BCUT2D eigenvalue weighted by atomic mass is 9.72. The van der Waals surface area contributed by atoms with Crippen molar-refractivity contribution in [3.05, 3.63) is 46.9 Å². The van der Waals surface area contributed by atoms with Crippen molar-refractivity contribution < 1.29 is 19.1 Å². The Morgan fingerprint density at radius 3 is 2.52 bits per heavy atom. The Morgan fingerprint density at radius 2 is 1.94 bits per heavy atom. The fourth-order valence-corrected chi connectivity index (χ4v) is 3.64. The second-order valence-corrected chi connectivity index (χ2v) is 7.04. The van der Waals surface area contributed by atoms with Crippen LogP contribution in [0.4, 0.5) is 5.69 Å². The van der Waals surface area contributed by atoms with Gasteiger partial charge in [0.1, 0.15) is 11.4 Å². The molecule has 0 aliphatic rings. The normalized spacial score (nSPS) is 12.5. The van der Waals surface area contributed by atoms with Gasteiger partial charge in [0, 0.05) is 19.2 Å². The Hall–Kier alpha value is -3.00. The standard InChI is InChI=1S/C22H27ClN4O4/c1-4-17(28)22(20(29)31-5-2,15-10-7-6-8-11-15)12-9-13-25-18-16(14-24)26-21(23)27-19(18)30-3/h6-8,10-11,14,24-25H,4-5,9,12-13H2,1-3H3. The predicted molar refractivity (Wildman–Crippen MR) is 119 cm³/mol. The van der Waals surface area contributed by atoms with Crippen molar-refractivity contribution in [3.63, 3.8) is 0 Å². The molecule has 2 N–H and O–H groups in total. The van der Waals surface area contributed by atoms with Crippen LogP contribution < -0.4 is 10.1 Å². The van der Waals surface area contributed by atoms with E-state index in [-0.39, 0.29) is 42.1 Å². The molecule has 0 aliphatic carbocycles. The summed E-state index contributed by atoms with van der Waals surface area (Å²) in [6.07, 6.45) is 1.97. The molecule has 2 aromatic rings. The maximum absolute atomic E-state index is 13.0. The minimum absolute atomic E-state index is 0.0279. The monoisotopic (exact) mass is 446 g/mol. The lowest BCUT2D eigenvalue weighted by molar-refractivity contribution is -0.154. The number of ether oxygens (including phenoxy) is 2. The minimum atomic E-state index is -1.38. The molecule has 9 heteroatoms. The molecule has 0 radical (unpaired) electrons. The van der Waals surface area contributed by atoms with E-state index in [4.69, 9.17) is 26.5 Å². The quantitative estimate of drug-likeness (QED) is 0.167. The fraction of sp³-hybridized carbons (Fsp3) is 0.409. The summed E-state index contributed by atoms with van der Waals surface area (Å²) in [6.45, 7) is 4.03. The zero-order chi connectivity index (χ0) is 22.9. The molecular formula is C22H27ClN4O4. The van der Waals surface area contributed by atoms with Gasteiger partial charge in [-0.2, -0.15) is 4.98 Å². The van der Waals surface area contributed by atoms with Crippen molar-refractivity contribution in [2.75, 3.05) is 25.6 Å². The summed E-state index contributed by atoms with van der Waals surface area (Å²) in [5.41, 5.74) is -0.0576. The van der Waals surface area contributed by atoms with Crippen LogP contribution in [0, 0.1) is 5.41 Å². The topological polar surface area (TPSA) is 114 Å². The van der Waals surface area contributed by atoms with Gasteiger partial charge in [-0.15, -0.1) is 0 Å². The van der Waals surface area contributed by atoms with Crippen LogP contribution in [0.3, 0.4) is 0 Å². The number of rotatable bonds is 12. The number of benzene rings is 1. The Balaban J connectivity index is 2.29. The van der Waals surface area contributed by atoms with Crippen molar-refractivity contribution in [1.82, 2.24) is 9.97 Å². The number of esters is 1. The average molecular weight is 447 g/mol. The Bertz CT molecular complexity index is 923. The largest absolute Gasteiger partial charge is 0.479 e. The molecule has 1 aromatic carbocycles. The van der Waals surface area contributed by atoms with Gasteiger partial charge in [0.25, 0.3) is 0 Å². The molecule has 0 bridgehead atoms. The van der Waals surface area contributed by atoms with E-state index in [9.17, 15) is 9.59 Å². The zero-order valence-electron chi connectivity index (χ0n) is 17.9. The van der Waals surface area contributed by atoms with E-state index in [1.54, 1.807) is 38.1 Å². The van der Waals surface area contributed by atoms with Gasteiger partial charge >= 0.3 is 5.97 Å². The van der Waals surface area contributed by atoms with Crippen LogP contribution in [0.15, 0.2) is 30.3 Å². The Kier molecular flexibility index (Phi) is 8.93. The molecule has 1 aromatic heterocycles. The Morgan fingerprint density at radius 1 is 1.23 bits per heavy atom. The predicted octanol–water partition coefficient (Wildman–Crippen LogP) is 3.81. The fourth-order valence-electron chi connectivity index (χ4n) is 3.47. The van der Waals surface area contributed by atoms with Gasteiger partial charge in [-0.05, 0) is 36.9 Å². The van der Waals surface area contributed by atoms with Crippen LogP contribution in [0.25, 0.3) is 0 Å². The maximum atomic E-state index is 13.0. The third-order valence-electron chi connectivity index (χ3n) is 4.92. The highest BCUT2D eigenvalue weighted by atomic mass is 35.5. The number of anilines is 1. The minimum Gasteiger partial charge on any atom is -0.479 e. The molecule has 0 amide bonds. The van der Waals surface area contributed by atoms with Gasteiger partial charge in [-0.25, -0.2) is 4.98 Å². The molecule has 0 saturated carbocycles. The van der Waals surface area contributed by atoms with Crippen LogP contribution in [0.2, 0.25) is 5.28 Å². The molecule has 0 spiro atoms. The first-order chi connectivity index (χ1) is 14.9. The average Bonchev–Trinajstić information content (AvgIpc) is 2.79. The second-order valence-electron chi connectivity index (χ2n) is 6.71. The number of aromatic nitrogens is 2. The van der Waals surface area contributed by atoms with Gasteiger partial charge in [0.2, 0.25) is 11.2 Å². The second kappa shape index (κ2) is 11.4. The summed E-state index contributed by atoms with van der Waals surface area (Å²) < 4.78 is 10.6. The van der Waals surface area contributed by atoms with Crippen LogP contribution in [0.1, 0.15) is 44.4 Å². The molecule has 31 heavy (non-hydrogen) atoms. The highest BCUT2D eigenvalue weighted by molar-refractivity contribution is 6.28. The molecular weight excluding hydrogens is 420 g/mol. The molecule has 8 nitrogen and oxygen atoms in total. The van der Waals surface area contributed by atoms with E-state index in [2.05, 4.69) is 15.3 Å². The van der Waals surface area contributed by atoms with Crippen LogP contribution in [-0.4, -0.2) is 48.2 Å². The van der Waals surface area contributed by atoms with Crippen LogP contribution in [0.5, 0.6) is 5.88 Å². The number of carbonyl (C=O) groups excluding carboxylic acids is 2. The zero-order valence-corrected chi connectivity index (χ0v) is 18.7. The van der Waals surface area contributed by atoms with E-state index in [0.717, 1.165) is 6.21 Å². The van der Waals surface area contributed by atoms with Gasteiger partial charge < -0.3 is 20.2 Å². The molecule has 0 saturated heterocycles. The number of Topliss-reactive ketones (excluding diaryl/α,β-unsaturated/α-hetero) is 1. The van der Waals surface area contributed by atoms with Gasteiger partial charge in [0.15, 0.2) is 11.2 Å².